The topological polar surface area (TPSA) is 21.3 Å². The highest BCUT2D eigenvalue weighted by molar-refractivity contribution is 5.42. The second kappa shape index (κ2) is 5.16. The standard InChI is InChI=1S/C17H27NO/c1-16(2,3)12-13-7-8-15(19-5)14(11-13)17(4)9-6-10-18-17/h7-8,11,18H,6,9-10,12H2,1-5H3. The maximum atomic E-state index is 5.57. The van der Waals surface area contributed by atoms with E-state index in [1.54, 1.807) is 7.11 Å². The van der Waals surface area contributed by atoms with Gasteiger partial charge in [0.05, 0.1) is 7.11 Å². The predicted octanol–water partition coefficient (Wildman–Crippen LogP) is 3.88. The first-order valence-electron chi connectivity index (χ1n) is 7.26. The van der Waals surface area contributed by atoms with E-state index < -0.39 is 0 Å². The van der Waals surface area contributed by atoms with E-state index in [9.17, 15) is 0 Å². The lowest BCUT2D eigenvalue weighted by atomic mass is 9.84. The van der Waals surface area contributed by atoms with Gasteiger partial charge in [-0.15, -0.1) is 0 Å². The average Bonchev–Trinajstić information content (AvgIpc) is 2.75. The van der Waals surface area contributed by atoms with Crippen LogP contribution < -0.4 is 10.1 Å². The molecule has 2 heteroatoms. The highest BCUT2D eigenvalue weighted by Gasteiger charge is 2.33. The van der Waals surface area contributed by atoms with Gasteiger partial charge in [-0.05, 0) is 49.8 Å². The molecule has 0 amide bonds. The van der Waals surface area contributed by atoms with E-state index in [1.165, 1.54) is 24.0 Å². The number of hydrogen-bond donors (Lipinski definition) is 1. The Hall–Kier alpha value is -1.02. The fourth-order valence-corrected chi connectivity index (χ4v) is 3.03. The summed E-state index contributed by atoms with van der Waals surface area (Å²) in [7, 11) is 1.76. The van der Waals surface area contributed by atoms with E-state index in [0.717, 1.165) is 18.7 Å². The van der Waals surface area contributed by atoms with Crippen molar-refractivity contribution < 1.29 is 4.74 Å². The largest absolute Gasteiger partial charge is 0.496 e. The van der Waals surface area contributed by atoms with Gasteiger partial charge in [0.15, 0.2) is 0 Å². The van der Waals surface area contributed by atoms with E-state index in [2.05, 4.69) is 51.2 Å². The lowest BCUT2D eigenvalue weighted by Gasteiger charge is -2.28. The first-order valence-corrected chi connectivity index (χ1v) is 7.26. The minimum Gasteiger partial charge on any atom is -0.496 e. The Bertz CT molecular complexity index is 439. The van der Waals surface area contributed by atoms with Gasteiger partial charge in [0.2, 0.25) is 0 Å². The molecular formula is C17H27NO. The smallest absolute Gasteiger partial charge is 0.123 e. The number of hydrogen-bond acceptors (Lipinski definition) is 2. The van der Waals surface area contributed by atoms with E-state index in [1.807, 2.05) is 0 Å². The third-order valence-electron chi connectivity index (χ3n) is 3.96. The molecule has 0 spiro atoms. The van der Waals surface area contributed by atoms with Crippen LogP contribution in [0.1, 0.15) is 51.7 Å². The van der Waals surface area contributed by atoms with Gasteiger partial charge in [-0.3, -0.25) is 0 Å². The van der Waals surface area contributed by atoms with Gasteiger partial charge in [0.1, 0.15) is 5.75 Å². The zero-order valence-electron chi connectivity index (χ0n) is 13.0. The Morgan fingerprint density at radius 1 is 1.32 bits per heavy atom. The SMILES string of the molecule is COc1ccc(CC(C)(C)C)cc1C1(C)CCCN1. The molecule has 106 valence electrons. The van der Waals surface area contributed by atoms with Gasteiger partial charge >= 0.3 is 0 Å². The van der Waals surface area contributed by atoms with Crippen molar-refractivity contribution in [2.24, 2.45) is 5.41 Å². The quantitative estimate of drug-likeness (QED) is 0.891. The first-order chi connectivity index (χ1) is 8.84. The van der Waals surface area contributed by atoms with Crippen molar-refractivity contribution in [3.8, 4) is 5.75 Å². The zero-order valence-corrected chi connectivity index (χ0v) is 13.0. The zero-order chi connectivity index (χ0) is 14.1. The van der Waals surface area contributed by atoms with Gasteiger partial charge in [-0.2, -0.15) is 0 Å². The Kier molecular flexibility index (Phi) is 3.91. The average molecular weight is 261 g/mol. The number of benzene rings is 1. The van der Waals surface area contributed by atoms with E-state index in [0.29, 0.717) is 5.41 Å². The lowest BCUT2D eigenvalue weighted by Crippen LogP contribution is -2.33. The van der Waals surface area contributed by atoms with Crippen LogP contribution in [0.3, 0.4) is 0 Å². The number of nitrogens with one attached hydrogen (secondary N) is 1. The molecule has 0 aromatic heterocycles. The minimum atomic E-state index is 0.0687. The molecular weight excluding hydrogens is 234 g/mol. The van der Waals surface area contributed by atoms with Crippen molar-refractivity contribution >= 4 is 0 Å². The van der Waals surface area contributed by atoms with Crippen LogP contribution in [0.5, 0.6) is 5.75 Å². The molecule has 2 rings (SSSR count). The van der Waals surface area contributed by atoms with Crippen molar-refractivity contribution in [1.29, 1.82) is 0 Å². The summed E-state index contributed by atoms with van der Waals surface area (Å²) >= 11 is 0. The fourth-order valence-electron chi connectivity index (χ4n) is 3.03. The molecule has 1 aliphatic heterocycles. The molecule has 0 aliphatic carbocycles. The molecule has 1 atom stereocenters. The Morgan fingerprint density at radius 3 is 2.58 bits per heavy atom. The maximum Gasteiger partial charge on any atom is 0.123 e. The molecule has 1 saturated heterocycles. The second-order valence-electron chi connectivity index (χ2n) is 7.13. The van der Waals surface area contributed by atoms with Crippen LogP contribution in [0.2, 0.25) is 0 Å². The third kappa shape index (κ3) is 3.30. The molecule has 1 unspecified atom stereocenters. The van der Waals surface area contributed by atoms with Crippen LogP contribution in [0, 0.1) is 5.41 Å². The lowest BCUT2D eigenvalue weighted by molar-refractivity contribution is 0.368. The molecule has 0 saturated carbocycles. The molecule has 1 aromatic carbocycles. The summed E-state index contributed by atoms with van der Waals surface area (Å²) in [4.78, 5) is 0. The van der Waals surface area contributed by atoms with Crippen molar-refractivity contribution in [1.82, 2.24) is 5.32 Å². The van der Waals surface area contributed by atoms with E-state index in [4.69, 9.17) is 4.74 Å². The summed E-state index contributed by atoms with van der Waals surface area (Å²) in [6, 6.07) is 6.66. The van der Waals surface area contributed by atoms with E-state index >= 15 is 0 Å². The fraction of sp³-hybridized carbons (Fsp3) is 0.647. The predicted molar refractivity (Wildman–Crippen MR) is 80.7 cm³/mol. The highest BCUT2D eigenvalue weighted by atomic mass is 16.5. The molecule has 2 nitrogen and oxygen atoms in total. The summed E-state index contributed by atoms with van der Waals surface area (Å²) in [5, 5.41) is 3.63. The summed E-state index contributed by atoms with van der Waals surface area (Å²) in [6.07, 6.45) is 3.52. The molecule has 19 heavy (non-hydrogen) atoms. The van der Waals surface area contributed by atoms with Crippen molar-refractivity contribution in [3.63, 3.8) is 0 Å². The van der Waals surface area contributed by atoms with Gasteiger partial charge in [0, 0.05) is 11.1 Å². The molecule has 0 bridgehead atoms. The monoisotopic (exact) mass is 261 g/mol. The maximum absolute atomic E-state index is 5.57. The number of ether oxygens (including phenoxy) is 1. The molecule has 1 fully saturated rings. The molecule has 1 aromatic rings. The number of methoxy groups -OCH3 is 1. The Balaban J connectivity index is 2.37. The van der Waals surface area contributed by atoms with Gasteiger partial charge in [-0.25, -0.2) is 0 Å². The van der Waals surface area contributed by atoms with Gasteiger partial charge < -0.3 is 10.1 Å². The Morgan fingerprint density at radius 2 is 2.05 bits per heavy atom. The van der Waals surface area contributed by atoms with E-state index in [-0.39, 0.29) is 5.54 Å². The van der Waals surface area contributed by atoms with Crippen molar-refractivity contribution in [2.45, 2.75) is 52.5 Å². The normalized spacial score (nSPS) is 23.6. The summed E-state index contributed by atoms with van der Waals surface area (Å²) < 4.78 is 5.57. The van der Waals surface area contributed by atoms with Gasteiger partial charge in [-0.1, -0.05) is 32.9 Å². The van der Waals surface area contributed by atoms with Crippen LogP contribution in [0.4, 0.5) is 0 Å². The highest BCUT2D eigenvalue weighted by Crippen LogP contribution is 2.37. The third-order valence-corrected chi connectivity index (χ3v) is 3.96. The molecule has 0 radical (unpaired) electrons. The van der Waals surface area contributed by atoms with Crippen molar-refractivity contribution in [3.05, 3.63) is 29.3 Å². The minimum absolute atomic E-state index is 0.0687. The number of rotatable bonds is 3. The molecule has 1 aliphatic rings. The Labute approximate surface area is 117 Å². The molecule has 1 N–H and O–H groups in total. The van der Waals surface area contributed by atoms with Gasteiger partial charge in [0.25, 0.3) is 0 Å². The first kappa shape index (κ1) is 14.4. The second-order valence-corrected chi connectivity index (χ2v) is 7.13. The summed E-state index contributed by atoms with van der Waals surface area (Å²) in [5.74, 6) is 1.01. The van der Waals surface area contributed by atoms with Crippen LogP contribution in [-0.2, 0) is 12.0 Å². The van der Waals surface area contributed by atoms with Crippen molar-refractivity contribution in [2.75, 3.05) is 13.7 Å². The van der Waals surface area contributed by atoms with Crippen LogP contribution in [-0.4, -0.2) is 13.7 Å². The van der Waals surface area contributed by atoms with Crippen LogP contribution in [0.25, 0.3) is 0 Å². The van der Waals surface area contributed by atoms with Crippen LogP contribution in [0.15, 0.2) is 18.2 Å². The summed E-state index contributed by atoms with van der Waals surface area (Å²) in [6.45, 7) is 10.2. The molecule has 1 heterocycles. The summed E-state index contributed by atoms with van der Waals surface area (Å²) in [5.41, 5.74) is 3.10. The van der Waals surface area contributed by atoms with Crippen LogP contribution >= 0.6 is 0 Å².